The second-order valence-electron chi connectivity index (χ2n) is 19.7. The van der Waals surface area contributed by atoms with Crippen LogP contribution in [0.5, 0.6) is 0 Å². The first-order valence-electron chi connectivity index (χ1n) is 28.5. The van der Waals surface area contributed by atoms with Gasteiger partial charge in [0.15, 0.2) is 18.7 Å². The van der Waals surface area contributed by atoms with E-state index in [2.05, 4.69) is 74.6 Å². The summed E-state index contributed by atoms with van der Waals surface area (Å²) < 4.78 is 33.6. The van der Waals surface area contributed by atoms with E-state index in [-0.39, 0.29) is 19.4 Å². The molecule has 0 bridgehead atoms. The van der Waals surface area contributed by atoms with Crippen LogP contribution in [0.25, 0.3) is 0 Å². The van der Waals surface area contributed by atoms with Gasteiger partial charge in [-0.05, 0) is 51.4 Å². The zero-order valence-corrected chi connectivity index (χ0v) is 45.3. The van der Waals surface area contributed by atoms with Crippen molar-refractivity contribution in [2.24, 2.45) is 0 Å². The summed E-state index contributed by atoms with van der Waals surface area (Å²) in [5.74, 6) is -1.02. The zero-order valence-electron chi connectivity index (χ0n) is 45.3. The highest BCUT2D eigenvalue weighted by Gasteiger charge is 2.47. The predicted octanol–water partition coefficient (Wildman–Crippen LogP) is 9.38. The third kappa shape index (κ3) is 31.9. The molecule has 2 aliphatic heterocycles. The van der Waals surface area contributed by atoms with Gasteiger partial charge in [0.2, 0.25) is 0 Å². The number of carbonyl (C=O) groups excluding carboxylic acids is 2. The number of ether oxygens (including phenoxy) is 6. The topological polar surface area (TPSA) is 231 Å². The summed E-state index contributed by atoms with van der Waals surface area (Å²) in [6.07, 6.45) is 37.9. The summed E-state index contributed by atoms with van der Waals surface area (Å²) in [4.78, 5) is 25.8. The molecule has 15 heteroatoms. The summed E-state index contributed by atoms with van der Waals surface area (Å²) >= 11 is 0. The summed E-state index contributed by atoms with van der Waals surface area (Å²) in [6, 6.07) is 0. The predicted molar refractivity (Wildman–Crippen MR) is 289 cm³/mol. The van der Waals surface area contributed by atoms with Crippen LogP contribution in [0, 0.1) is 0 Å². The van der Waals surface area contributed by atoms with Crippen molar-refractivity contribution < 1.29 is 73.8 Å². The van der Waals surface area contributed by atoms with E-state index in [1.807, 2.05) is 12.2 Å². The maximum absolute atomic E-state index is 13.1. The molecule has 74 heavy (non-hydrogen) atoms. The molecule has 0 saturated carbocycles. The Labute approximate surface area is 444 Å². The molecule has 0 aromatic rings. The molecular formula is C59H100O15. The molecule has 15 nitrogen and oxygen atoms in total. The Morgan fingerprint density at radius 2 is 0.851 bits per heavy atom. The lowest BCUT2D eigenvalue weighted by Crippen LogP contribution is -2.61. The average molecular weight is 1050 g/mol. The summed E-state index contributed by atoms with van der Waals surface area (Å²) in [6.45, 7) is 2.42. The van der Waals surface area contributed by atoms with E-state index in [4.69, 9.17) is 28.4 Å². The van der Waals surface area contributed by atoms with Crippen molar-refractivity contribution in [1.29, 1.82) is 0 Å². The lowest BCUT2D eigenvalue weighted by atomic mass is 9.98. The van der Waals surface area contributed by atoms with Gasteiger partial charge in [-0.3, -0.25) is 9.59 Å². The molecule has 2 heterocycles. The summed E-state index contributed by atoms with van der Waals surface area (Å²) in [5.41, 5.74) is 0. The molecule has 0 spiro atoms. The number of unbranched alkanes of at least 4 members (excludes halogenated alkanes) is 18. The molecule has 7 N–H and O–H groups in total. The van der Waals surface area contributed by atoms with Gasteiger partial charge in [0.25, 0.3) is 0 Å². The number of aliphatic hydroxyl groups excluding tert-OH is 7. The molecule has 0 amide bonds. The maximum atomic E-state index is 13.1. The molecule has 11 atom stereocenters. The fourth-order valence-electron chi connectivity index (χ4n) is 8.60. The van der Waals surface area contributed by atoms with Crippen molar-refractivity contribution in [2.45, 2.75) is 261 Å². The van der Waals surface area contributed by atoms with Crippen LogP contribution >= 0.6 is 0 Å². The van der Waals surface area contributed by atoms with E-state index >= 15 is 0 Å². The van der Waals surface area contributed by atoms with Crippen LogP contribution < -0.4 is 0 Å². The Bertz CT molecular complexity index is 1560. The third-order valence-corrected chi connectivity index (χ3v) is 13.2. The van der Waals surface area contributed by atoms with E-state index in [1.54, 1.807) is 0 Å². The van der Waals surface area contributed by atoms with E-state index in [0.29, 0.717) is 12.8 Å². The first-order chi connectivity index (χ1) is 36.0. The maximum Gasteiger partial charge on any atom is 0.306 e. The lowest BCUT2D eigenvalue weighted by Gasteiger charge is -2.42. The van der Waals surface area contributed by atoms with Gasteiger partial charge >= 0.3 is 11.9 Å². The standard InChI is InChI=1S/C59H100O15/c1-3-5-7-9-11-13-15-17-19-21-23-25-27-29-31-33-35-37-39-41-50(61)69-44-47(72-51(62)42-40-38-36-34-32-30-28-26-24-22-20-18-16-14-12-10-8-6-4-2)45-70-58-57(68)55(66)53(64)49(74-58)46-71-59-56(67)54(65)52(63)48(43-60)73-59/h5,7,11,13,17,19,23,25,29,31,35,37,47-49,52-60,63-68H,3-4,6,8-10,12,14-16,18,20-22,24,26-28,30,32-34,36,38-46H2,1-2H3/b7-5+,13-11+,19-17+,25-23+,31-29+,37-35+/t47-,48+,49+,52-,53-,54?,55?,56?,57?,58+,59+/m0/s1. The van der Waals surface area contributed by atoms with Gasteiger partial charge in [-0.1, -0.05) is 202 Å². The van der Waals surface area contributed by atoms with Crippen LogP contribution in [0.2, 0.25) is 0 Å². The monoisotopic (exact) mass is 1050 g/mol. The second-order valence-corrected chi connectivity index (χ2v) is 19.7. The van der Waals surface area contributed by atoms with Crippen molar-refractivity contribution >= 4 is 11.9 Å². The van der Waals surface area contributed by atoms with Crippen LogP contribution in [0.4, 0.5) is 0 Å². The van der Waals surface area contributed by atoms with E-state index in [9.17, 15) is 45.3 Å². The second kappa shape index (κ2) is 45.0. The molecule has 2 aliphatic rings. The van der Waals surface area contributed by atoms with Crippen molar-refractivity contribution in [3.8, 4) is 0 Å². The van der Waals surface area contributed by atoms with E-state index < -0.39 is 99.3 Å². The molecule has 4 unspecified atom stereocenters. The molecule has 0 radical (unpaired) electrons. The van der Waals surface area contributed by atoms with Crippen molar-refractivity contribution in [3.63, 3.8) is 0 Å². The fraction of sp³-hybridized carbons (Fsp3) is 0.763. The molecule has 0 aliphatic carbocycles. The first-order valence-corrected chi connectivity index (χ1v) is 28.5. The number of aliphatic hydroxyl groups is 7. The number of allylic oxidation sites excluding steroid dienone is 12. The minimum Gasteiger partial charge on any atom is -0.462 e. The first kappa shape index (κ1) is 67.1. The van der Waals surface area contributed by atoms with Gasteiger partial charge in [-0.2, -0.15) is 0 Å². The highest BCUT2D eigenvalue weighted by atomic mass is 16.7. The van der Waals surface area contributed by atoms with Crippen LogP contribution in [-0.2, 0) is 38.0 Å². The number of carbonyl (C=O) groups is 2. The lowest BCUT2D eigenvalue weighted by molar-refractivity contribution is -0.332. The van der Waals surface area contributed by atoms with Gasteiger partial charge in [0.05, 0.1) is 19.8 Å². The van der Waals surface area contributed by atoms with Crippen LogP contribution in [0.1, 0.15) is 194 Å². The average Bonchev–Trinajstić information content (AvgIpc) is 3.39. The SMILES string of the molecule is CC/C=C/C/C=C/C/C=C/C/C=C/C/C=C/C/C=C/CCC(=O)OC[C@@H](CO[C@@H]1O[C@H](CO[C@@H]2O[C@H](CO)[C@H](O)C(O)C2O)[C@H](O)C(O)C1O)OC(=O)CCCCCCCCCCCCCCCCCCCCC. The highest BCUT2D eigenvalue weighted by Crippen LogP contribution is 2.26. The van der Waals surface area contributed by atoms with E-state index in [1.165, 1.54) is 96.3 Å². The Kier molecular flexibility index (Phi) is 40.8. The molecule has 0 aromatic carbocycles. The molecule has 2 saturated heterocycles. The normalized spacial score (nSPS) is 25.2. The number of hydrogen-bond acceptors (Lipinski definition) is 15. The van der Waals surface area contributed by atoms with Crippen molar-refractivity contribution in [3.05, 3.63) is 72.9 Å². The molecule has 0 aromatic heterocycles. The fourth-order valence-corrected chi connectivity index (χ4v) is 8.60. The van der Waals surface area contributed by atoms with Gasteiger partial charge in [0, 0.05) is 12.8 Å². The van der Waals surface area contributed by atoms with Gasteiger partial charge in [-0.25, -0.2) is 0 Å². The van der Waals surface area contributed by atoms with E-state index in [0.717, 1.165) is 57.8 Å². The Balaban J connectivity index is 1.80. The minimum atomic E-state index is -1.78. The Hall–Kier alpha value is -3.06. The quantitative estimate of drug-likeness (QED) is 0.0171. The summed E-state index contributed by atoms with van der Waals surface area (Å²) in [7, 11) is 0. The Morgan fingerprint density at radius 3 is 1.31 bits per heavy atom. The molecular weight excluding hydrogens is 949 g/mol. The number of hydrogen-bond donors (Lipinski definition) is 7. The van der Waals surface area contributed by atoms with Crippen LogP contribution in [0.3, 0.4) is 0 Å². The minimum absolute atomic E-state index is 0.0910. The van der Waals surface area contributed by atoms with Crippen LogP contribution in [0.15, 0.2) is 72.9 Å². The molecule has 426 valence electrons. The third-order valence-electron chi connectivity index (χ3n) is 13.2. The highest BCUT2D eigenvalue weighted by molar-refractivity contribution is 5.70. The number of esters is 2. The largest absolute Gasteiger partial charge is 0.462 e. The molecule has 2 rings (SSSR count). The van der Waals surface area contributed by atoms with Crippen molar-refractivity contribution in [1.82, 2.24) is 0 Å². The summed E-state index contributed by atoms with van der Waals surface area (Å²) in [5, 5.41) is 72.2. The molecule has 2 fully saturated rings. The Morgan fingerprint density at radius 1 is 0.446 bits per heavy atom. The van der Waals surface area contributed by atoms with Gasteiger partial charge in [0.1, 0.15) is 55.4 Å². The smallest absolute Gasteiger partial charge is 0.306 e. The zero-order chi connectivity index (χ0) is 53.9. The van der Waals surface area contributed by atoms with Crippen molar-refractivity contribution in [2.75, 3.05) is 26.4 Å². The van der Waals surface area contributed by atoms with Gasteiger partial charge in [-0.15, -0.1) is 0 Å². The van der Waals surface area contributed by atoms with Crippen LogP contribution in [-0.4, -0.2) is 142 Å². The number of rotatable bonds is 44. The van der Waals surface area contributed by atoms with Gasteiger partial charge < -0.3 is 64.2 Å².